The van der Waals surface area contributed by atoms with Crippen molar-refractivity contribution < 1.29 is 9.13 Å². The summed E-state index contributed by atoms with van der Waals surface area (Å²) in [6, 6.07) is 11.3. The van der Waals surface area contributed by atoms with Gasteiger partial charge in [0.25, 0.3) is 0 Å². The summed E-state index contributed by atoms with van der Waals surface area (Å²) in [4.78, 5) is 0. The molecule has 0 saturated heterocycles. The highest BCUT2D eigenvalue weighted by Gasteiger charge is 2.08. The number of nitrogens with two attached hydrogens (primary N) is 1. The Balaban J connectivity index is 2.13. The van der Waals surface area contributed by atoms with Gasteiger partial charge in [0, 0.05) is 6.07 Å². The van der Waals surface area contributed by atoms with Crippen LogP contribution in [0, 0.1) is 5.82 Å². The van der Waals surface area contributed by atoms with Gasteiger partial charge in [-0.3, -0.25) is 0 Å². The van der Waals surface area contributed by atoms with E-state index in [0.717, 1.165) is 5.56 Å². The highest BCUT2D eigenvalue weighted by atomic mass is 35.5. The lowest BCUT2D eigenvalue weighted by atomic mass is 10.1. The number of ether oxygens (including phenoxy) is 1. The molecular formula is C14H13ClFNO. The van der Waals surface area contributed by atoms with Crippen molar-refractivity contribution in [1.82, 2.24) is 0 Å². The van der Waals surface area contributed by atoms with Crippen LogP contribution in [-0.2, 0) is 0 Å². The molecular weight excluding hydrogens is 253 g/mol. The standard InChI is InChI=1S/C14H13ClFNO/c1-9(10-2-4-11(16)5-3-10)18-12-6-7-13(15)14(17)8-12/h2-9H,17H2,1H3. The van der Waals surface area contributed by atoms with Crippen LogP contribution in [0.3, 0.4) is 0 Å². The Hall–Kier alpha value is -1.74. The first-order chi connectivity index (χ1) is 8.56. The summed E-state index contributed by atoms with van der Waals surface area (Å²) in [5.41, 5.74) is 7.06. The van der Waals surface area contributed by atoms with Crippen molar-refractivity contribution in [2.75, 3.05) is 5.73 Å². The molecule has 0 aliphatic carbocycles. The molecule has 0 aliphatic heterocycles. The molecule has 0 aromatic heterocycles. The van der Waals surface area contributed by atoms with E-state index in [1.165, 1.54) is 12.1 Å². The lowest BCUT2D eigenvalue weighted by Crippen LogP contribution is -2.03. The molecule has 18 heavy (non-hydrogen) atoms. The normalized spacial score (nSPS) is 12.2. The zero-order valence-corrected chi connectivity index (χ0v) is 10.6. The van der Waals surface area contributed by atoms with E-state index in [9.17, 15) is 4.39 Å². The molecule has 0 heterocycles. The number of anilines is 1. The minimum atomic E-state index is -0.262. The lowest BCUT2D eigenvalue weighted by molar-refractivity contribution is 0.227. The van der Waals surface area contributed by atoms with Crippen molar-refractivity contribution in [3.63, 3.8) is 0 Å². The molecule has 2 aromatic rings. The van der Waals surface area contributed by atoms with E-state index in [2.05, 4.69) is 0 Å². The Morgan fingerprint density at radius 2 is 1.83 bits per heavy atom. The first-order valence-electron chi connectivity index (χ1n) is 5.53. The predicted molar refractivity (Wildman–Crippen MR) is 71.3 cm³/mol. The Morgan fingerprint density at radius 3 is 2.44 bits per heavy atom. The molecule has 0 amide bonds. The molecule has 4 heteroatoms. The van der Waals surface area contributed by atoms with Crippen LogP contribution in [-0.4, -0.2) is 0 Å². The van der Waals surface area contributed by atoms with E-state index in [-0.39, 0.29) is 11.9 Å². The summed E-state index contributed by atoms with van der Waals surface area (Å²) < 4.78 is 18.5. The first-order valence-corrected chi connectivity index (χ1v) is 5.91. The Bertz CT molecular complexity index is 542. The van der Waals surface area contributed by atoms with Gasteiger partial charge in [-0.2, -0.15) is 0 Å². The van der Waals surface area contributed by atoms with Crippen molar-refractivity contribution in [3.05, 3.63) is 58.9 Å². The summed E-state index contributed by atoms with van der Waals surface area (Å²) in [5, 5.41) is 0.497. The maximum absolute atomic E-state index is 12.8. The molecule has 0 saturated carbocycles. The second-order valence-electron chi connectivity index (χ2n) is 3.99. The minimum Gasteiger partial charge on any atom is -0.486 e. The topological polar surface area (TPSA) is 35.2 Å². The summed E-state index contributed by atoms with van der Waals surface area (Å²) in [6.07, 6.45) is -0.189. The minimum absolute atomic E-state index is 0.189. The van der Waals surface area contributed by atoms with Crippen LogP contribution in [0.5, 0.6) is 5.75 Å². The summed E-state index contributed by atoms with van der Waals surface area (Å²) in [5.74, 6) is 0.371. The Morgan fingerprint density at radius 1 is 1.17 bits per heavy atom. The van der Waals surface area contributed by atoms with Crippen LogP contribution in [0.4, 0.5) is 10.1 Å². The molecule has 0 spiro atoms. The van der Waals surface area contributed by atoms with Crippen molar-refractivity contribution in [1.29, 1.82) is 0 Å². The van der Waals surface area contributed by atoms with E-state index in [4.69, 9.17) is 22.1 Å². The third-order valence-corrected chi connectivity index (χ3v) is 2.96. The molecule has 2 aromatic carbocycles. The number of hydrogen-bond donors (Lipinski definition) is 1. The van der Waals surface area contributed by atoms with Crippen LogP contribution in [0.1, 0.15) is 18.6 Å². The fourth-order valence-corrected chi connectivity index (χ4v) is 1.72. The molecule has 2 nitrogen and oxygen atoms in total. The lowest BCUT2D eigenvalue weighted by Gasteiger charge is -2.15. The van der Waals surface area contributed by atoms with Gasteiger partial charge in [0.15, 0.2) is 0 Å². The number of hydrogen-bond acceptors (Lipinski definition) is 2. The molecule has 0 fully saturated rings. The zero-order chi connectivity index (χ0) is 13.1. The van der Waals surface area contributed by atoms with Gasteiger partial charge in [0.1, 0.15) is 17.7 Å². The summed E-state index contributed by atoms with van der Waals surface area (Å²) in [6.45, 7) is 1.89. The second kappa shape index (κ2) is 5.27. The average molecular weight is 266 g/mol. The number of nitrogen functional groups attached to an aromatic ring is 1. The largest absolute Gasteiger partial charge is 0.486 e. The van der Waals surface area contributed by atoms with Crippen molar-refractivity contribution >= 4 is 17.3 Å². The predicted octanol–water partition coefficient (Wildman–Crippen LogP) is 4.20. The van der Waals surface area contributed by atoms with Gasteiger partial charge >= 0.3 is 0 Å². The van der Waals surface area contributed by atoms with Gasteiger partial charge in [-0.25, -0.2) is 4.39 Å². The summed E-state index contributed by atoms with van der Waals surface area (Å²) in [7, 11) is 0. The molecule has 0 bridgehead atoms. The SMILES string of the molecule is CC(Oc1ccc(Cl)c(N)c1)c1ccc(F)cc1. The third-order valence-electron chi connectivity index (χ3n) is 2.62. The van der Waals surface area contributed by atoms with Gasteiger partial charge in [0.2, 0.25) is 0 Å². The van der Waals surface area contributed by atoms with Gasteiger partial charge in [-0.15, -0.1) is 0 Å². The number of benzene rings is 2. The highest BCUT2D eigenvalue weighted by molar-refractivity contribution is 6.33. The summed E-state index contributed by atoms with van der Waals surface area (Å²) >= 11 is 5.83. The molecule has 1 atom stereocenters. The average Bonchev–Trinajstić information content (AvgIpc) is 2.34. The Kier molecular flexibility index (Phi) is 3.72. The molecule has 94 valence electrons. The van der Waals surface area contributed by atoms with E-state index in [1.54, 1.807) is 30.3 Å². The van der Waals surface area contributed by atoms with Crippen LogP contribution in [0.25, 0.3) is 0 Å². The highest BCUT2D eigenvalue weighted by Crippen LogP contribution is 2.27. The first kappa shape index (κ1) is 12.7. The maximum Gasteiger partial charge on any atom is 0.123 e. The van der Waals surface area contributed by atoms with Crippen molar-refractivity contribution in [2.45, 2.75) is 13.0 Å². The van der Waals surface area contributed by atoms with Crippen LogP contribution in [0.15, 0.2) is 42.5 Å². The van der Waals surface area contributed by atoms with Crippen LogP contribution < -0.4 is 10.5 Å². The third kappa shape index (κ3) is 2.93. The van der Waals surface area contributed by atoms with Crippen molar-refractivity contribution in [3.8, 4) is 5.75 Å². The number of halogens is 2. The fraction of sp³-hybridized carbons (Fsp3) is 0.143. The molecule has 2 N–H and O–H groups in total. The maximum atomic E-state index is 12.8. The van der Waals surface area contributed by atoms with Gasteiger partial charge < -0.3 is 10.5 Å². The quantitative estimate of drug-likeness (QED) is 0.844. The molecule has 0 aliphatic rings. The van der Waals surface area contributed by atoms with E-state index in [1.807, 2.05) is 6.92 Å². The zero-order valence-electron chi connectivity index (χ0n) is 9.86. The van der Waals surface area contributed by atoms with Crippen LogP contribution >= 0.6 is 11.6 Å². The van der Waals surface area contributed by atoms with Gasteiger partial charge in [-0.05, 0) is 36.8 Å². The van der Waals surface area contributed by atoms with E-state index >= 15 is 0 Å². The smallest absolute Gasteiger partial charge is 0.123 e. The molecule has 0 radical (unpaired) electrons. The van der Waals surface area contributed by atoms with E-state index in [0.29, 0.717) is 16.5 Å². The van der Waals surface area contributed by atoms with Gasteiger partial charge in [0.05, 0.1) is 10.7 Å². The van der Waals surface area contributed by atoms with Gasteiger partial charge in [-0.1, -0.05) is 23.7 Å². The monoisotopic (exact) mass is 265 g/mol. The fourth-order valence-electron chi connectivity index (χ4n) is 1.60. The molecule has 1 unspecified atom stereocenters. The Labute approximate surface area is 110 Å². The van der Waals surface area contributed by atoms with E-state index < -0.39 is 0 Å². The molecule has 2 rings (SSSR count). The van der Waals surface area contributed by atoms with Crippen LogP contribution in [0.2, 0.25) is 5.02 Å². The second-order valence-corrected chi connectivity index (χ2v) is 4.40. The number of rotatable bonds is 3. The van der Waals surface area contributed by atoms with Crippen molar-refractivity contribution in [2.24, 2.45) is 0 Å².